The second kappa shape index (κ2) is 7.44. The molecule has 124 valence electrons. The van der Waals surface area contributed by atoms with Crippen LogP contribution in [0.5, 0.6) is 0 Å². The number of urea groups is 1. The van der Waals surface area contributed by atoms with E-state index in [2.05, 4.69) is 15.6 Å². The van der Waals surface area contributed by atoms with Gasteiger partial charge >= 0.3 is 6.03 Å². The molecule has 0 atom stereocenters. The predicted octanol–water partition coefficient (Wildman–Crippen LogP) is 2.33. The number of benzene rings is 1. The van der Waals surface area contributed by atoms with Gasteiger partial charge in [0.2, 0.25) is 5.00 Å². The van der Waals surface area contributed by atoms with Gasteiger partial charge in [-0.15, -0.1) is 0 Å². The third-order valence-electron chi connectivity index (χ3n) is 2.89. The number of carbonyl (C=O) groups excluding carboxylic acids is 1. The minimum absolute atomic E-state index is 0.0598. The molecule has 0 saturated carbocycles. The number of aromatic nitrogens is 1. The number of amides is 2. The normalized spacial score (nSPS) is 11.3. The zero-order chi connectivity index (χ0) is 16.9. The number of nitrogens with one attached hydrogen (secondary N) is 2. The van der Waals surface area contributed by atoms with Crippen molar-refractivity contribution in [3.8, 4) is 0 Å². The number of carbonyl (C=O) groups is 1. The monoisotopic (exact) mass is 343 g/mol. The Morgan fingerprint density at radius 2 is 2.09 bits per heavy atom. The molecule has 1 heterocycles. The van der Waals surface area contributed by atoms with Gasteiger partial charge < -0.3 is 5.32 Å². The molecule has 0 saturated heterocycles. The zero-order valence-corrected chi connectivity index (χ0v) is 13.4. The summed E-state index contributed by atoms with van der Waals surface area (Å²) in [7, 11) is 1.53. The summed E-state index contributed by atoms with van der Waals surface area (Å²) >= 11 is 1.27. The Morgan fingerprint density at radius 1 is 1.39 bits per heavy atom. The molecule has 0 unspecified atom stereocenters. The van der Waals surface area contributed by atoms with E-state index in [1.165, 1.54) is 36.1 Å². The van der Waals surface area contributed by atoms with Crippen molar-refractivity contribution >= 4 is 27.5 Å². The maximum atomic E-state index is 13.1. The van der Waals surface area contributed by atoms with E-state index in [1.807, 2.05) is 0 Å². The number of anilines is 1. The first-order valence-electron chi connectivity index (χ1n) is 6.72. The third-order valence-corrected chi connectivity index (χ3v) is 3.73. The number of nitrogens with zero attached hydrogens (tertiary/aromatic N) is 1. The summed E-state index contributed by atoms with van der Waals surface area (Å²) in [5.74, 6) is -2.87. The quantitative estimate of drug-likeness (QED) is 0.704. The van der Waals surface area contributed by atoms with E-state index >= 15 is 0 Å². The number of halogens is 2. The first-order chi connectivity index (χ1) is 10.9. The van der Waals surface area contributed by atoms with Crippen LogP contribution in [0, 0.1) is 0 Å². The number of hydrogen-bond acceptors (Lipinski definition) is 4. The van der Waals surface area contributed by atoms with E-state index in [0.29, 0.717) is 5.13 Å². The molecule has 0 fully saturated rings. The first kappa shape index (κ1) is 17.3. The van der Waals surface area contributed by atoms with Crippen molar-refractivity contribution in [3.05, 3.63) is 41.6 Å². The van der Waals surface area contributed by atoms with Gasteiger partial charge in [-0.25, -0.2) is 23.4 Å². The van der Waals surface area contributed by atoms with Crippen LogP contribution >= 0.6 is 11.3 Å². The molecule has 0 aliphatic carbocycles. The van der Waals surface area contributed by atoms with Crippen LogP contribution in [0.3, 0.4) is 0 Å². The lowest BCUT2D eigenvalue weighted by Crippen LogP contribution is -2.75. The standard InChI is InChI=1S/C14H16F2N4O2S/c1-14(15,16)10-5-3-9(4-6-10)7-17-12(21)19-13-18-8-11(23-13)20-22-2/h3-6,8,20H,7H2,1-2H3,(H2,17,18,19,21)/p+1. The summed E-state index contributed by atoms with van der Waals surface area (Å²) in [4.78, 5) is 20.6. The first-order valence-corrected chi connectivity index (χ1v) is 7.54. The van der Waals surface area contributed by atoms with Crippen LogP contribution in [0.2, 0.25) is 0 Å². The van der Waals surface area contributed by atoms with Crippen molar-refractivity contribution in [2.24, 2.45) is 0 Å². The molecule has 23 heavy (non-hydrogen) atoms. The number of alkyl halides is 2. The highest BCUT2D eigenvalue weighted by Crippen LogP contribution is 2.26. The minimum Gasteiger partial charge on any atom is -0.334 e. The second-order valence-electron chi connectivity index (χ2n) is 4.81. The van der Waals surface area contributed by atoms with E-state index in [0.717, 1.165) is 17.5 Å². The summed E-state index contributed by atoms with van der Waals surface area (Å²) in [6.07, 6.45) is 1.58. The van der Waals surface area contributed by atoms with Gasteiger partial charge in [-0.05, 0) is 16.9 Å². The van der Waals surface area contributed by atoms with Gasteiger partial charge in [0.25, 0.3) is 5.92 Å². The van der Waals surface area contributed by atoms with Crippen molar-refractivity contribution in [1.29, 1.82) is 0 Å². The predicted molar refractivity (Wildman–Crippen MR) is 82.6 cm³/mol. The van der Waals surface area contributed by atoms with Crippen LogP contribution in [-0.4, -0.2) is 18.1 Å². The molecule has 2 rings (SSSR count). The van der Waals surface area contributed by atoms with Crippen LogP contribution in [-0.2, 0) is 17.3 Å². The zero-order valence-electron chi connectivity index (χ0n) is 12.6. The van der Waals surface area contributed by atoms with Crippen LogP contribution in [0.4, 0.5) is 23.7 Å². The fourth-order valence-electron chi connectivity index (χ4n) is 1.75. The van der Waals surface area contributed by atoms with Gasteiger partial charge in [0.05, 0.1) is 7.11 Å². The third kappa shape index (κ3) is 5.23. The van der Waals surface area contributed by atoms with Crippen molar-refractivity contribution < 1.29 is 23.9 Å². The molecule has 2 amide bonds. The average Bonchev–Trinajstić information content (AvgIpc) is 2.92. The molecular weight excluding hydrogens is 326 g/mol. The molecule has 0 aliphatic rings. The molecule has 0 radical (unpaired) electrons. The maximum Gasteiger partial charge on any atom is 0.321 e. The Kier molecular flexibility index (Phi) is 5.59. The Morgan fingerprint density at radius 3 is 2.70 bits per heavy atom. The summed E-state index contributed by atoms with van der Waals surface area (Å²) in [5.41, 5.74) is 2.18. The Balaban J connectivity index is 1.84. The SMILES string of the molecule is CO[NH2+]c1cnc(NC(=O)NCc2ccc(C(C)(F)F)cc2)s1. The van der Waals surface area contributed by atoms with Crippen molar-refractivity contribution in [2.75, 3.05) is 12.4 Å². The molecule has 4 N–H and O–H groups in total. The molecule has 6 nitrogen and oxygen atoms in total. The van der Waals surface area contributed by atoms with E-state index in [1.54, 1.807) is 18.3 Å². The summed E-state index contributed by atoms with van der Waals surface area (Å²) in [5, 5.41) is 6.44. The largest absolute Gasteiger partial charge is 0.334 e. The van der Waals surface area contributed by atoms with E-state index in [9.17, 15) is 13.6 Å². The Hall–Kier alpha value is -2.10. The molecule has 9 heteroatoms. The molecule has 2 aromatic rings. The van der Waals surface area contributed by atoms with Gasteiger partial charge in [-0.1, -0.05) is 24.3 Å². The van der Waals surface area contributed by atoms with Crippen LogP contribution in [0.15, 0.2) is 30.5 Å². The highest BCUT2D eigenvalue weighted by atomic mass is 32.1. The van der Waals surface area contributed by atoms with E-state index in [4.69, 9.17) is 4.84 Å². The number of nitrogens with two attached hydrogens (primary N) is 1. The summed E-state index contributed by atoms with van der Waals surface area (Å²) in [6, 6.07) is 5.39. The fraction of sp³-hybridized carbons (Fsp3) is 0.286. The maximum absolute atomic E-state index is 13.1. The Bertz CT molecular complexity index is 656. The fourth-order valence-corrected chi connectivity index (χ4v) is 2.48. The highest BCUT2D eigenvalue weighted by Gasteiger charge is 2.23. The van der Waals surface area contributed by atoms with Gasteiger partial charge in [-0.3, -0.25) is 5.32 Å². The molecule has 1 aromatic carbocycles. The number of quaternary nitrogens is 1. The average molecular weight is 343 g/mol. The minimum atomic E-state index is -2.87. The molecule has 0 spiro atoms. The second-order valence-corrected chi connectivity index (χ2v) is 5.88. The van der Waals surface area contributed by atoms with Crippen LogP contribution < -0.4 is 16.1 Å². The van der Waals surface area contributed by atoms with Crippen molar-refractivity contribution in [2.45, 2.75) is 19.4 Å². The van der Waals surface area contributed by atoms with Crippen LogP contribution in [0.25, 0.3) is 0 Å². The van der Waals surface area contributed by atoms with Gasteiger partial charge in [0, 0.05) is 19.0 Å². The molecule has 1 aromatic heterocycles. The van der Waals surface area contributed by atoms with E-state index in [-0.39, 0.29) is 12.1 Å². The lowest BCUT2D eigenvalue weighted by atomic mass is 10.1. The topological polar surface area (TPSA) is 79.9 Å². The summed E-state index contributed by atoms with van der Waals surface area (Å²) < 4.78 is 26.2. The molecule has 0 bridgehead atoms. The summed E-state index contributed by atoms with van der Waals surface area (Å²) in [6.45, 7) is 1.07. The van der Waals surface area contributed by atoms with Gasteiger partial charge in [0.15, 0.2) is 5.13 Å². The van der Waals surface area contributed by atoms with Crippen molar-refractivity contribution in [3.63, 3.8) is 0 Å². The smallest absolute Gasteiger partial charge is 0.321 e. The number of thiazole rings is 1. The molecular formula is C14H17F2N4O2S+. The van der Waals surface area contributed by atoms with Crippen molar-refractivity contribution in [1.82, 2.24) is 10.3 Å². The van der Waals surface area contributed by atoms with Crippen LogP contribution in [0.1, 0.15) is 18.1 Å². The van der Waals surface area contributed by atoms with Gasteiger partial charge in [0.1, 0.15) is 6.20 Å². The lowest BCUT2D eigenvalue weighted by molar-refractivity contribution is -0.827. The van der Waals surface area contributed by atoms with Gasteiger partial charge in [-0.2, -0.15) is 5.48 Å². The highest BCUT2D eigenvalue weighted by molar-refractivity contribution is 7.18. The van der Waals surface area contributed by atoms with E-state index < -0.39 is 12.0 Å². The number of rotatable bonds is 6. The molecule has 0 aliphatic heterocycles. The number of hydrogen-bond donors (Lipinski definition) is 3. The Labute approximate surface area is 135 Å². The lowest BCUT2D eigenvalue weighted by Gasteiger charge is -2.11.